The lowest BCUT2D eigenvalue weighted by Crippen LogP contribution is -2.10. The largest absolute Gasteiger partial charge is 0.307 e. The fraction of sp³-hybridized carbons (Fsp3) is 0. The normalized spacial score (nSPS) is 10.7. The predicted octanol–water partition coefficient (Wildman–Crippen LogP) is 1.71. The van der Waals surface area contributed by atoms with E-state index in [0.29, 0.717) is 11.6 Å². The molecule has 22 heavy (non-hydrogen) atoms. The van der Waals surface area contributed by atoms with Gasteiger partial charge in [-0.15, -0.1) is 0 Å². The summed E-state index contributed by atoms with van der Waals surface area (Å²) in [7, 11) is 0. The number of nitrogens with zero attached hydrogens (tertiary/aromatic N) is 5. The zero-order chi connectivity index (χ0) is 15.2. The van der Waals surface area contributed by atoms with Crippen molar-refractivity contribution in [2.45, 2.75) is 0 Å². The molecule has 0 aromatic carbocycles. The Hall–Kier alpha value is -3.35. The lowest BCUT2D eigenvalue weighted by Gasteiger charge is -2.04. The number of imidazole rings is 1. The lowest BCUT2D eigenvalue weighted by molar-refractivity contribution is -0.111. The number of hydrogen-bond donors (Lipinski definition) is 1. The molecule has 0 bridgehead atoms. The van der Waals surface area contributed by atoms with E-state index in [2.05, 4.69) is 25.3 Å². The first-order valence-corrected chi connectivity index (χ1v) is 6.51. The van der Waals surface area contributed by atoms with Crippen molar-refractivity contribution in [3.05, 3.63) is 67.3 Å². The summed E-state index contributed by atoms with van der Waals surface area (Å²) < 4.78 is 1.73. The minimum atomic E-state index is -0.279. The summed E-state index contributed by atoms with van der Waals surface area (Å²) in [6.45, 7) is 0. The second kappa shape index (κ2) is 6.40. The summed E-state index contributed by atoms with van der Waals surface area (Å²) in [4.78, 5) is 27.9. The minimum absolute atomic E-state index is 0.279. The number of nitrogens with one attached hydrogen (secondary N) is 1. The van der Waals surface area contributed by atoms with E-state index in [1.165, 1.54) is 12.4 Å². The maximum Gasteiger partial charge on any atom is 0.249 e. The molecule has 1 N–H and O–H groups in total. The Morgan fingerprint density at radius 3 is 2.95 bits per heavy atom. The molecule has 3 rings (SSSR count). The van der Waals surface area contributed by atoms with Gasteiger partial charge in [-0.3, -0.25) is 14.3 Å². The minimum Gasteiger partial charge on any atom is -0.307 e. The quantitative estimate of drug-likeness (QED) is 0.740. The molecule has 0 spiro atoms. The van der Waals surface area contributed by atoms with Crippen molar-refractivity contribution in [1.82, 2.24) is 24.5 Å². The summed E-state index contributed by atoms with van der Waals surface area (Å²) in [6.07, 6.45) is 12.9. The molecule has 1 amide bonds. The number of carbonyl (C=O) groups excluding carboxylic acids is 1. The van der Waals surface area contributed by atoms with Crippen LogP contribution in [0, 0.1) is 0 Å². The van der Waals surface area contributed by atoms with Crippen LogP contribution in [0.5, 0.6) is 0 Å². The molecule has 0 radical (unpaired) electrons. The van der Waals surface area contributed by atoms with Gasteiger partial charge in [0.25, 0.3) is 0 Å². The molecular formula is C15H12N6O. The van der Waals surface area contributed by atoms with Gasteiger partial charge in [-0.2, -0.15) is 0 Å². The number of anilines is 1. The average Bonchev–Trinajstić information content (AvgIpc) is 3.09. The van der Waals surface area contributed by atoms with E-state index in [9.17, 15) is 4.79 Å². The van der Waals surface area contributed by atoms with Crippen molar-refractivity contribution in [1.29, 1.82) is 0 Å². The second-order valence-corrected chi connectivity index (χ2v) is 4.34. The van der Waals surface area contributed by atoms with E-state index in [-0.39, 0.29) is 5.91 Å². The molecule has 0 saturated carbocycles. The van der Waals surface area contributed by atoms with Crippen LogP contribution in [0.3, 0.4) is 0 Å². The summed E-state index contributed by atoms with van der Waals surface area (Å²) in [6, 6.07) is 5.33. The van der Waals surface area contributed by atoms with Crippen LogP contribution in [-0.2, 0) is 4.79 Å². The van der Waals surface area contributed by atoms with Crippen molar-refractivity contribution >= 4 is 17.8 Å². The van der Waals surface area contributed by atoms with E-state index in [0.717, 1.165) is 5.56 Å². The van der Waals surface area contributed by atoms with E-state index >= 15 is 0 Å². The topological polar surface area (TPSA) is 85.6 Å². The SMILES string of the molecule is O=C(/C=C/c1cccnc1)Nc1cc(-n2ccnc2)ncn1. The van der Waals surface area contributed by atoms with Crippen LogP contribution in [0.1, 0.15) is 5.56 Å². The highest BCUT2D eigenvalue weighted by atomic mass is 16.1. The van der Waals surface area contributed by atoms with Gasteiger partial charge >= 0.3 is 0 Å². The average molecular weight is 292 g/mol. The third-order valence-electron chi connectivity index (χ3n) is 2.78. The van der Waals surface area contributed by atoms with E-state index < -0.39 is 0 Å². The molecule has 0 aliphatic heterocycles. The molecule has 0 aliphatic rings. The van der Waals surface area contributed by atoms with E-state index in [1.807, 2.05) is 6.07 Å². The fourth-order valence-electron chi connectivity index (χ4n) is 1.77. The number of rotatable bonds is 4. The Morgan fingerprint density at radius 1 is 1.23 bits per heavy atom. The highest BCUT2D eigenvalue weighted by Crippen LogP contribution is 2.08. The van der Waals surface area contributed by atoms with Crippen LogP contribution < -0.4 is 5.32 Å². The summed E-state index contributed by atoms with van der Waals surface area (Å²) in [5, 5.41) is 2.68. The standard InChI is InChI=1S/C15H12N6O/c22-15(4-3-12-2-1-5-16-9-12)20-13-8-14(19-10-18-13)21-7-6-17-11-21/h1-11H,(H,18,19,20,22)/b4-3+. The monoisotopic (exact) mass is 292 g/mol. The van der Waals surface area contributed by atoms with Gasteiger partial charge in [-0.1, -0.05) is 6.07 Å². The van der Waals surface area contributed by atoms with Crippen molar-refractivity contribution in [2.24, 2.45) is 0 Å². The van der Waals surface area contributed by atoms with Gasteiger partial charge in [-0.25, -0.2) is 15.0 Å². The second-order valence-electron chi connectivity index (χ2n) is 4.34. The van der Waals surface area contributed by atoms with Crippen LogP contribution in [0.4, 0.5) is 5.82 Å². The Bertz CT molecular complexity index is 783. The molecule has 0 unspecified atom stereocenters. The molecule has 108 valence electrons. The smallest absolute Gasteiger partial charge is 0.249 e. The molecule has 3 aromatic rings. The van der Waals surface area contributed by atoms with Gasteiger partial charge in [-0.05, 0) is 17.7 Å². The third-order valence-corrected chi connectivity index (χ3v) is 2.78. The number of pyridine rings is 1. The lowest BCUT2D eigenvalue weighted by atomic mass is 10.2. The molecular weight excluding hydrogens is 280 g/mol. The molecule has 0 atom stereocenters. The Kier molecular flexibility index (Phi) is 3.96. The molecule has 7 heteroatoms. The van der Waals surface area contributed by atoms with Gasteiger partial charge in [0.05, 0.1) is 0 Å². The van der Waals surface area contributed by atoms with Crippen molar-refractivity contribution < 1.29 is 4.79 Å². The highest BCUT2D eigenvalue weighted by molar-refractivity contribution is 6.01. The Balaban J connectivity index is 1.69. The number of hydrogen-bond acceptors (Lipinski definition) is 5. The van der Waals surface area contributed by atoms with Gasteiger partial charge in [0.15, 0.2) is 0 Å². The van der Waals surface area contributed by atoms with Crippen LogP contribution in [0.2, 0.25) is 0 Å². The molecule has 0 saturated heterocycles. The molecule has 0 aliphatic carbocycles. The first-order valence-electron chi connectivity index (χ1n) is 6.51. The Labute approximate surface area is 126 Å². The molecule has 0 fully saturated rings. The van der Waals surface area contributed by atoms with Gasteiger partial charge in [0, 0.05) is 36.9 Å². The molecule has 3 aromatic heterocycles. The van der Waals surface area contributed by atoms with Gasteiger partial charge in [0.1, 0.15) is 24.3 Å². The van der Waals surface area contributed by atoms with Crippen molar-refractivity contribution in [3.8, 4) is 5.82 Å². The maximum absolute atomic E-state index is 11.9. The van der Waals surface area contributed by atoms with Crippen molar-refractivity contribution in [2.75, 3.05) is 5.32 Å². The van der Waals surface area contributed by atoms with Crippen LogP contribution in [-0.4, -0.2) is 30.4 Å². The maximum atomic E-state index is 11.9. The van der Waals surface area contributed by atoms with Gasteiger partial charge < -0.3 is 5.32 Å². The van der Waals surface area contributed by atoms with Gasteiger partial charge in [0.2, 0.25) is 5.91 Å². The first-order chi connectivity index (χ1) is 10.8. The van der Waals surface area contributed by atoms with Crippen LogP contribution in [0.25, 0.3) is 11.9 Å². The molecule has 3 heterocycles. The van der Waals surface area contributed by atoms with Crippen LogP contribution in [0.15, 0.2) is 61.7 Å². The third kappa shape index (κ3) is 3.40. The summed E-state index contributed by atoms with van der Waals surface area (Å²) in [5.41, 5.74) is 0.847. The first kappa shape index (κ1) is 13.6. The predicted molar refractivity (Wildman–Crippen MR) is 81.1 cm³/mol. The number of aromatic nitrogens is 5. The zero-order valence-corrected chi connectivity index (χ0v) is 11.5. The van der Waals surface area contributed by atoms with Crippen LogP contribution >= 0.6 is 0 Å². The van der Waals surface area contributed by atoms with Crippen molar-refractivity contribution in [3.63, 3.8) is 0 Å². The summed E-state index contributed by atoms with van der Waals surface area (Å²) in [5.74, 6) is 0.762. The fourth-order valence-corrected chi connectivity index (χ4v) is 1.77. The number of carbonyl (C=O) groups is 1. The summed E-state index contributed by atoms with van der Waals surface area (Å²) >= 11 is 0. The zero-order valence-electron chi connectivity index (χ0n) is 11.5. The van der Waals surface area contributed by atoms with E-state index in [1.54, 1.807) is 53.9 Å². The highest BCUT2D eigenvalue weighted by Gasteiger charge is 2.03. The number of amides is 1. The van der Waals surface area contributed by atoms with E-state index in [4.69, 9.17) is 0 Å². The molecule has 7 nitrogen and oxygen atoms in total. The Morgan fingerprint density at radius 2 is 2.18 bits per heavy atom.